The first-order valence-electron chi connectivity index (χ1n) is 7.30. The van der Waals surface area contributed by atoms with Crippen LogP contribution in [0.2, 0.25) is 0 Å². The number of urea groups is 1. The monoisotopic (exact) mass is 320 g/mol. The third-order valence-corrected chi connectivity index (χ3v) is 3.24. The van der Waals surface area contributed by atoms with E-state index in [-0.39, 0.29) is 6.04 Å². The molecule has 0 aliphatic heterocycles. The third kappa shape index (κ3) is 4.29. The van der Waals surface area contributed by atoms with Crippen molar-refractivity contribution in [2.75, 3.05) is 19.0 Å². The standard InChI is InChI=1S/C16H21FN4O2/c1-10-7-12(3)21(20-10)15-6-5-13(8-14(15)17)19-16(22)18-11(2)9-23-4/h5-8,11H,9H2,1-4H3,(H2,18,19,22)/t11-/m1/s1. The maximum Gasteiger partial charge on any atom is 0.319 e. The van der Waals surface area contributed by atoms with Gasteiger partial charge in [-0.1, -0.05) is 0 Å². The summed E-state index contributed by atoms with van der Waals surface area (Å²) in [5, 5.41) is 9.54. The molecular weight excluding hydrogens is 299 g/mol. The molecule has 7 heteroatoms. The van der Waals surface area contributed by atoms with Gasteiger partial charge < -0.3 is 15.4 Å². The number of amides is 2. The summed E-state index contributed by atoms with van der Waals surface area (Å²) in [5.41, 5.74) is 2.37. The fourth-order valence-corrected chi connectivity index (χ4v) is 2.31. The van der Waals surface area contributed by atoms with Crippen LogP contribution in [0.3, 0.4) is 0 Å². The first-order chi connectivity index (χ1) is 10.9. The molecule has 0 aliphatic carbocycles. The van der Waals surface area contributed by atoms with Gasteiger partial charge in [-0.2, -0.15) is 5.10 Å². The molecule has 1 aromatic heterocycles. The van der Waals surface area contributed by atoms with Crippen LogP contribution >= 0.6 is 0 Å². The van der Waals surface area contributed by atoms with Crippen molar-refractivity contribution < 1.29 is 13.9 Å². The summed E-state index contributed by atoms with van der Waals surface area (Å²) in [6.07, 6.45) is 0. The Morgan fingerprint density at radius 2 is 2.13 bits per heavy atom. The molecule has 0 spiro atoms. The molecular formula is C16H21FN4O2. The predicted octanol–water partition coefficient (Wildman–Crippen LogP) is 2.78. The first-order valence-corrected chi connectivity index (χ1v) is 7.30. The molecule has 1 atom stereocenters. The van der Waals surface area contributed by atoms with Gasteiger partial charge in [0.2, 0.25) is 0 Å². The van der Waals surface area contributed by atoms with Crippen molar-refractivity contribution in [3.05, 3.63) is 41.5 Å². The van der Waals surface area contributed by atoms with Gasteiger partial charge in [0.1, 0.15) is 5.69 Å². The molecule has 0 radical (unpaired) electrons. The lowest BCUT2D eigenvalue weighted by Gasteiger charge is -2.14. The fourth-order valence-electron chi connectivity index (χ4n) is 2.31. The minimum atomic E-state index is -0.459. The van der Waals surface area contributed by atoms with Crippen LogP contribution in [-0.4, -0.2) is 35.6 Å². The summed E-state index contributed by atoms with van der Waals surface area (Å²) in [6, 6.07) is 5.81. The summed E-state index contributed by atoms with van der Waals surface area (Å²) in [5.74, 6) is -0.459. The molecule has 1 aromatic carbocycles. The Morgan fingerprint density at radius 1 is 1.39 bits per heavy atom. The Bertz CT molecular complexity index is 699. The summed E-state index contributed by atoms with van der Waals surface area (Å²) in [6.45, 7) is 5.92. The molecule has 23 heavy (non-hydrogen) atoms. The number of hydrogen-bond acceptors (Lipinski definition) is 3. The van der Waals surface area contributed by atoms with Gasteiger partial charge in [0.15, 0.2) is 5.82 Å². The number of hydrogen-bond donors (Lipinski definition) is 2. The smallest absolute Gasteiger partial charge is 0.319 e. The highest BCUT2D eigenvalue weighted by Gasteiger charge is 2.12. The highest BCUT2D eigenvalue weighted by atomic mass is 19.1. The number of rotatable bonds is 5. The van der Waals surface area contributed by atoms with Crippen molar-refractivity contribution in [1.29, 1.82) is 0 Å². The number of anilines is 1. The number of aromatic nitrogens is 2. The molecule has 0 unspecified atom stereocenters. The van der Waals surface area contributed by atoms with Gasteiger partial charge >= 0.3 is 6.03 Å². The van der Waals surface area contributed by atoms with Crippen LogP contribution in [-0.2, 0) is 4.74 Å². The van der Waals surface area contributed by atoms with E-state index in [1.807, 2.05) is 26.8 Å². The van der Waals surface area contributed by atoms with Crippen LogP contribution in [0, 0.1) is 19.7 Å². The van der Waals surface area contributed by atoms with E-state index in [9.17, 15) is 9.18 Å². The molecule has 6 nitrogen and oxygen atoms in total. The number of nitrogens with zero attached hydrogens (tertiary/aromatic N) is 2. The summed E-state index contributed by atoms with van der Waals surface area (Å²) in [7, 11) is 1.56. The minimum absolute atomic E-state index is 0.140. The van der Waals surface area contributed by atoms with Crippen LogP contribution in [0.1, 0.15) is 18.3 Å². The van der Waals surface area contributed by atoms with E-state index in [1.165, 1.54) is 10.7 Å². The second-order valence-corrected chi connectivity index (χ2v) is 5.46. The molecule has 0 saturated carbocycles. The van der Waals surface area contributed by atoms with Crippen molar-refractivity contribution in [3.8, 4) is 5.69 Å². The molecule has 0 saturated heterocycles. The van der Waals surface area contributed by atoms with E-state index in [2.05, 4.69) is 15.7 Å². The van der Waals surface area contributed by atoms with Crippen molar-refractivity contribution in [2.24, 2.45) is 0 Å². The number of halogens is 1. The van der Waals surface area contributed by atoms with Crippen LogP contribution in [0.5, 0.6) is 0 Å². The number of carbonyl (C=O) groups is 1. The van der Waals surface area contributed by atoms with E-state index in [0.717, 1.165) is 11.4 Å². The van der Waals surface area contributed by atoms with Gasteiger partial charge in [-0.25, -0.2) is 13.9 Å². The molecule has 0 fully saturated rings. The maximum absolute atomic E-state index is 14.3. The molecule has 2 amide bonds. The summed E-state index contributed by atoms with van der Waals surface area (Å²) in [4.78, 5) is 11.8. The Balaban J connectivity index is 2.10. The third-order valence-electron chi connectivity index (χ3n) is 3.24. The quantitative estimate of drug-likeness (QED) is 0.890. The average Bonchev–Trinajstić information content (AvgIpc) is 2.77. The second-order valence-electron chi connectivity index (χ2n) is 5.46. The number of benzene rings is 1. The highest BCUT2D eigenvalue weighted by Crippen LogP contribution is 2.19. The van der Waals surface area contributed by atoms with Crippen molar-refractivity contribution >= 4 is 11.7 Å². The summed E-state index contributed by atoms with van der Waals surface area (Å²) >= 11 is 0. The molecule has 2 N–H and O–H groups in total. The Kier molecular flexibility index (Phi) is 5.33. The van der Waals surface area contributed by atoms with E-state index in [1.54, 1.807) is 19.2 Å². The number of carbonyl (C=O) groups excluding carboxylic acids is 1. The Morgan fingerprint density at radius 3 is 2.70 bits per heavy atom. The van der Waals surface area contributed by atoms with Crippen LogP contribution in [0.4, 0.5) is 14.9 Å². The van der Waals surface area contributed by atoms with Crippen LogP contribution < -0.4 is 10.6 Å². The lowest BCUT2D eigenvalue weighted by molar-refractivity contribution is 0.173. The zero-order valence-electron chi connectivity index (χ0n) is 13.7. The Labute approximate surface area is 134 Å². The van der Waals surface area contributed by atoms with Gasteiger partial charge in [-0.3, -0.25) is 0 Å². The van der Waals surface area contributed by atoms with Crippen LogP contribution in [0.25, 0.3) is 5.69 Å². The van der Waals surface area contributed by atoms with Crippen molar-refractivity contribution in [3.63, 3.8) is 0 Å². The number of methoxy groups -OCH3 is 1. The molecule has 1 heterocycles. The molecule has 2 aromatic rings. The maximum atomic E-state index is 14.3. The van der Waals surface area contributed by atoms with Gasteiger partial charge in [-0.05, 0) is 45.0 Å². The zero-order valence-corrected chi connectivity index (χ0v) is 13.7. The molecule has 0 aliphatic rings. The fraction of sp³-hybridized carbons (Fsp3) is 0.375. The van der Waals surface area contributed by atoms with Gasteiger partial charge in [0.05, 0.1) is 18.3 Å². The van der Waals surface area contributed by atoms with Crippen molar-refractivity contribution in [1.82, 2.24) is 15.1 Å². The zero-order chi connectivity index (χ0) is 17.0. The SMILES string of the molecule is COC[C@@H](C)NC(=O)Nc1ccc(-n2nc(C)cc2C)c(F)c1. The highest BCUT2D eigenvalue weighted by molar-refractivity contribution is 5.89. The van der Waals surface area contributed by atoms with Gasteiger partial charge in [-0.15, -0.1) is 0 Å². The normalized spacial score (nSPS) is 12.0. The number of aryl methyl sites for hydroxylation is 2. The minimum Gasteiger partial charge on any atom is -0.383 e. The Hall–Kier alpha value is -2.41. The predicted molar refractivity (Wildman–Crippen MR) is 86.5 cm³/mol. The summed E-state index contributed by atoms with van der Waals surface area (Å²) < 4.78 is 20.8. The van der Waals surface area contributed by atoms with E-state index < -0.39 is 11.8 Å². The molecule has 0 bridgehead atoms. The average molecular weight is 320 g/mol. The second kappa shape index (κ2) is 7.23. The lowest BCUT2D eigenvalue weighted by Crippen LogP contribution is -2.38. The van der Waals surface area contributed by atoms with Gasteiger partial charge in [0.25, 0.3) is 0 Å². The first kappa shape index (κ1) is 17.0. The largest absolute Gasteiger partial charge is 0.383 e. The van der Waals surface area contributed by atoms with E-state index in [0.29, 0.717) is 18.0 Å². The molecule has 2 rings (SSSR count). The van der Waals surface area contributed by atoms with Crippen LogP contribution in [0.15, 0.2) is 24.3 Å². The van der Waals surface area contributed by atoms with Crippen molar-refractivity contribution in [2.45, 2.75) is 26.8 Å². The lowest BCUT2D eigenvalue weighted by atomic mass is 10.2. The number of nitrogens with one attached hydrogen (secondary N) is 2. The number of ether oxygens (including phenoxy) is 1. The topological polar surface area (TPSA) is 68.2 Å². The molecule has 124 valence electrons. The van der Waals surface area contributed by atoms with Gasteiger partial charge in [0, 0.05) is 18.5 Å². The van der Waals surface area contributed by atoms with E-state index in [4.69, 9.17) is 4.74 Å². The van der Waals surface area contributed by atoms with E-state index >= 15 is 0 Å².